The Balaban J connectivity index is 1.54. The van der Waals surface area contributed by atoms with Gasteiger partial charge in [0.05, 0.1) is 17.6 Å². The van der Waals surface area contributed by atoms with E-state index in [2.05, 4.69) is 16.8 Å². The second-order valence-electron chi connectivity index (χ2n) is 7.00. The molecule has 0 spiro atoms. The normalized spacial score (nSPS) is 17.9. The van der Waals surface area contributed by atoms with Crippen LogP contribution in [0.2, 0.25) is 0 Å². The molecule has 134 valence electrons. The van der Waals surface area contributed by atoms with Gasteiger partial charge in [-0.1, -0.05) is 12.5 Å². The largest absolute Gasteiger partial charge is 0.361 e. The first-order chi connectivity index (χ1) is 12.0. The average molecular weight is 378 g/mol. The highest BCUT2D eigenvalue weighted by Crippen LogP contribution is 2.34. The molecule has 0 atom stereocenters. The van der Waals surface area contributed by atoms with Gasteiger partial charge in [0.1, 0.15) is 0 Å². The Morgan fingerprint density at radius 1 is 1.32 bits per heavy atom. The number of aryl methyl sites for hydroxylation is 1. The Morgan fingerprint density at radius 3 is 2.88 bits per heavy atom. The molecule has 0 amide bonds. The third kappa shape index (κ3) is 3.53. The molecule has 7 heteroatoms. The van der Waals surface area contributed by atoms with Crippen molar-refractivity contribution in [2.24, 2.45) is 5.92 Å². The van der Waals surface area contributed by atoms with Crippen LogP contribution in [0.25, 0.3) is 11.3 Å². The van der Waals surface area contributed by atoms with Crippen molar-refractivity contribution in [2.45, 2.75) is 32.1 Å². The molecule has 0 radical (unpaired) electrons. The number of hydrogen-bond donors (Lipinski definition) is 1. The van der Waals surface area contributed by atoms with Crippen molar-refractivity contribution in [1.29, 1.82) is 0 Å². The highest BCUT2D eigenvalue weighted by atomic mass is 32.2. The van der Waals surface area contributed by atoms with Crippen LogP contribution in [0.15, 0.2) is 23.6 Å². The van der Waals surface area contributed by atoms with Gasteiger partial charge in [0.2, 0.25) is 10.0 Å². The topological polar surface area (TPSA) is 62.3 Å². The van der Waals surface area contributed by atoms with E-state index in [-0.39, 0.29) is 0 Å². The van der Waals surface area contributed by atoms with Crippen LogP contribution in [0.4, 0.5) is 10.8 Å². The zero-order valence-corrected chi connectivity index (χ0v) is 16.0. The van der Waals surface area contributed by atoms with Gasteiger partial charge in [-0.25, -0.2) is 13.4 Å². The van der Waals surface area contributed by atoms with E-state index >= 15 is 0 Å². The molecule has 0 saturated heterocycles. The fourth-order valence-corrected chi connectivity index (χ4v) is 5.21. The molecule has 4 rings (SSSR count). The van der Waals surface area contributed by atoms with Crippen LogP contribution in [0.5, 0.6) is 0 Å². The molecule has 1 aliphatic carbocycles. The number of nitrogens with one attached hydrogen (secondary N) is 1. The van der Waals surface area contributed by atoms with Gasteiger partial charge in [0.15, 0.2) is 5.13 Å². The lowest BCUT2D eigenvalue weighted by Crippen LogP contribution is -2.34. The molecule has 5 nitrogen and oxygen atoms in total. The molecule has 0 unspecified atom stereocenters. The van der Waals surface area contributed by atoms with Crippen molar-refractivity contribution >= 4 is 32.2 Å². The summed E-state index contributed by atoms with van der Waals surface area (Å²) in [6, 6.07) is 6.00. The van der Waals surface area contributed by atoms with Gasteiger partial charge in [0, 0.05) is 24.0 Å². The van der Waals surface area contributed by atoms with E-state index in [0.29, 0.717) is 6.54 Å². The molecule has 25 heavy (non-hydrogen) atoms. The maximum atomic E-state index is 12.0. The van der Waals surface area contributed by atoms with Crippen molar-refractivity contribution in [2.75, 3.05) is 29.0 Å². The molecule has 1 aliphatic heterocycles. The highest BCUT2D eigenvalue weighted by Gasteiger charge is 2.24. The second kappa shape index (κ2) is 6.61. The summed E-state index contributed by atoms with van der Waals surface area (Å²) in [5, 5.41) is 6.49. The average Bonchev–Trinajstić information content (AvgIpc) is 3.00. The lowest BCUT2D eigenvalue weighted by Gasteiger charge is -2.29. The summed E-state index contributed by atoms with van der Waals surface area (Å²) >= 11 is 1.63. The van der Waals surface area contributed by atoms with Crippen LogP contribution >= 0.6 is 11.3 Å². The lowest BCUT2D eigenvalue weighted by molar-refractivity contribution is 0.333. The van der Waals surface area contributed by atoms with Crippen LogP contribution in [0.1, 0.15) is 31.2 Å². The molecule has 1 aromatic heterocycles. The van der Waals surface area contributed by atoms with Crippen molar-refractivity contribution in [3.8, 4) is 11.3 Å². The predicted molar refractivity (Wildman–Crippen MR) is 104 cm³/mol. The van der Waals surface area contributed by atoms with E-state index in [1.54, 1.807) is 11.3 Å². The predicted octanol–water partition coefficient (Wildman–Crippen LogP) is 3.73. The quantitative estimate of drug-likeness (QED) is 0.862. The van der Waals surface area contributed by atoms with E-state index < -0.39 is 10.0 Å². The number of sulfonamides is 1. The fourth-order valence-electron chi connectivity index (χ4n) is 3.48. The van der Waals surface area contributed by atoms with Crippen molar-refractivity contribution in [1.82, 2.24) is 4.98 Å². The summed E-state index contributed by atoms with van der Waals surface area (Å²) in [6.45, 7) is 1.58. The van der Waals surface area contributed by atoms with Crippen molar-refractivity contribution in [3.63, 3.8) is 0 Å². The smallest absolute Gasteiger partial charge is 0.232 e. The minimum Gasteiger partial charge on any atom is -0.361 e. The molecule has 2 aromatic rings. The molecule has 2 heterocycles. The van der Waals surface area contributed by atoms with Gasteiger partial charge in [-0.15, -0.1) is 11.3 Å². The van der Waals surface area contributed by atoms with Gasteiger partial charge < -0.3 is 5.32 Å². The van der Waals surface area contributed by atoms with Gasteiger partial charge >= 0.3 is 0 Å². The lowest BCUT2D eigenvalue weighted by atomic mass is 9.86. The first-order valence-electron chi connectivity index (χ1n) is 8.81. The number of benzene rings is 1. The van der Waals surface area contributed by atoms with Gasteiger partial charge in [-0.3, -0.25) is 4.31 Å². The summed E-state index contributed by atoms with van der Waals surface area (Å²) in [5.74, 6) is 0.804. The molecule has 1 aromatic carbocycles. The van der Waals surface area contributed by atoms with E-state index in [0.717, 1.165) is 52.9 Å². The Bertz CT molecular complexity index is 872. The number of hydrogen-bond acceptors (Lipinski definition) is 5. The number of thiazole rings is 1. The van der Waals surface area contributed by atoms with E-state index in [9.17, 15) is 8.42 Å². The van der Waals surface area contributed by atoms with Crippen LogP contribution in [-0.2, 0) is 16.4 Å². The Labute approximate surface area is 153 Å². The van der Waals surface area contributed by atoms with Crippen LogP contribution in [0.3, 0.4) is 0 Å². The Morgan fingerprint density at radius 2 is 2.16 bits per heavy atom. The summed E-state index contributed by atoms with van der Waals surface area (Å²) in [6.07, 6.45) is 7.05. The van der Waals surface area contributed by atoms with E-state index in [4.69, 9.17) is 4.98 Å². The molecular formula is C18H23N3O2S2. The van der Waals surface area contributed by atoms with Crippen LogP contribution in [0, 0.1) is 5.92 Å². The van der Waals surface area contributed by atoms with E-state index in [1.807, 2.05) is 12.1 Å². The Kier molecular flexibility index (Phi) is 4.45. The van der Waals surface area contributed by atoms with Crippen LogP contribution in [-0.4, -0.2) is 32.7 Å². The maximum Gasteiger partial charge on any atom is 0.232 e. The SMILES string of the molecule is CS(=O)(=O)N1CCCc2cc(-c3csc(NCC4CCC4)n3)ccc21. The van der Waals surface area contributed by atoms with Crippen molar-refractivity contribution in [3.05, 3.63) is 29.1 Å². The zero-order valence-electron chi connectivity index (χ0n) is 14.4. The van der Waals surface area contributed by atoms with Gasteiger partial charge in [-0.05, 0) is 49.3 Å². The first-order valence-corrected chi connectivity index (χ1v) is 11.5. The first kappa shape index (κ1) is 16.8. The maximum absolute atomic E-state index is 12.0. The number of nitrogens with zero attached hydrogens (tertiary/aromatic N) is 2. The minimum absolute atomic E-state index is 0.567. The number of fused-ring (bicyclic) bond motifs is 1. The third-order valence-electron chi connectivity index (χ3n) is 5.12. The molecule has 1 saturated carbocycles. The summed E-state index contributed by atoms with van der Waals surface area (Å²) < 4.78 is 25.5. The number of rotatable bonds is 5. The van der Waals surface area contributed by atoms with Crippen molar-refractivity contribution < 1.29 is 8.42 Å². The summed E-state index contributed by atoms with van der Waals surface area (Å²) in [7, 11) is -3.22. The standard InChI is InChI=1S/C18H23N3O2S2/c1-25(22,23)21-9-3-6-15-10-14(7-8-17(15)21)16-12-24-18(20-16)19-11-13-4-2-5-13/h7-8,10,12-13H,2-6,9,11H2,1H3,(H,19,20). The molecule has 0 bridgehead atoms. The summed E-state index contributed by atoms with van der Waals surface area (Å²) in [4.78, 5) is 4.70. The summed E-state index contributed by atoms with van der Waals surface area (Å²) in [5.41, 5.74) is 3.92. The third-order valence-corrected chi connectivity index (χ3v) is 7.10. The molecule has 1 N–H and O–H groups in total. The van der Waals surface area contributed by atoms with E-state index in [1.165, 1.54) is 29.8 Å². The Hall–Kier alpha value is -1.60. The minimum atomic E-state index is -3.22. The van der Waals surface area contributed by atoms with Gasteiger partial charge in [-0.2, -0.15) is 0 Å². The van der Waals surface area contributed by atoms with Gasteiger partial charge in [0.25, 0.3) is 0 Å². The number of anilines is 2. The zero-order chi connectivity index (χ0) is 17.4. The number of aromatic nitrogens is 1. The molecule has 2 aliphatic rings. The highest BCUT2D eigenvalue weighted by molar-refractivity contribution is 7.92. The fraction of sp³-hybridized carbons (Fsp3) is 0.500. The monoisotopic (exact) mass is 377 g/mol. The van der Waals surface area contributed by atoms with Crippen LogP contribution < -0.4 is 9.62 Å². The molecular weight excluding hydrogens is 354 g/mol. The molecule has 1 fully saturated rings. The second-order valence-corrected chi connectivity index (χ2v) is 9.76.